The SMILES string of the molecule is CSc1ccc(CCCN2CCOCC2)s1. The maximum atomic E-state index is 5.34. The van der Waals surface area contributed by atoms with E-state index in [0.29, 0.717) is 0 Å². The summed E-state index contributed by atoms with van der Waals surface area (Å²) in [6, 6.07) is 4.51. The molecule has 4 heteroatoms. The zero-order valence-electron chi connectivity index (χ0n) is 9.78. The fourth-order valence-electron chi connectivity index (χ4n) is 1.90. The molecule has 16 heavy (non-hydrogen) atoms. The van der Waals surface area contributed by atoms with Crippen molar-refractivity contribution in [3.63, 3.8) is 0 Å². The van der Waals surface area contributed by atoms with Crippen molar-refractivity contribution in [2.24, 2.45) is 0 Å². The van der Waals surface area contributed by atoms with E-state index in [1.165, 1.54) is 28.5 Å². The molecule has 0 spiro atoms. The second kappa shape index (κ2) is 6.64. The Bertz CT molecular complexity index is 308. The normalized spacial score (nSPS) is 17.8. The Labute approximate surface area is 106 Å². The van der Waals surface area contributed by atoms with Crippen molar-refractivity contribution in [2.75, 3.05) is 39.1 Å². The predicted molar refractivity (Wildman–Crippen MR) is 71.7 cm³/mol. The molecule has 0 saturated carbocycles. The van der Waals surface area contributed by atoms with Crippen LogP contribution in [0.25, 0.3) is 0 Å². The molecule has 2 nitrogen and oxygen atoms in total. The molecule has 0 N–H and O–H groups in total. The molecule has 1 fully saturated rings. The molecular weight excluding hydrogens is 238 g/mol. The first kappa shape index (κ1) is 12.4. The molecule has 0 amide bonds. The lowest BCUT2D eigenvalue weighted by molar-refractivity contribution is 0.0375. The first-order valence-electron chi connectivity index (χ1n) is 5.81. The van der Waals surface area contributed by atoms with E-state index in [-0.39, 0.29) is 0 Å². The minimum absolute atomic E-state index is 0.912. The lowest BCUT2D eigenvalue weighted by atomic mass is 10.2. The summed E-state index contributed by atoms with van der Waals surface area (Å²) in [6.45, 7) is 5.27. The second-order valence-corrected chi connectivity index (χ2v) is 6.26. The summed E-state index contributed by atoms with van der Waals surface area (Å²) in [4.78, 5) is 4.03. The molecule has 1 saturated heterocycles. The Morgan fingerprint density at radius 1 is 1.38 bits per heavy atom. The van der Waals surface area contributed by atoms with Crippen molar-refractivity contribution in [3.8, 4) is 0 Å². The number of morpholine rings is 1. The highest BCUT2D eigenvalue weighted by Gasteiger charge is 2.09. The molecule has 1 aromatic heterocycles. The standard InChI is InChI=1S/C12H19NOS2/c1-15-12-5-4-11(16-12)3-2-6-13-7-9-14-10-8-13/h4-5H,2-3,6-10H2,1H3. The Hall–Kier alpha value is -0.0300. The highest BCUT2D eigenvalue weighted by atomic mass is 32.2. The van der Waals surface area contributed by atoms with Gasteiger partial charge in [0.1, 0.15) is 0 Å². The van der Waals surface area contributed by atoms with Gasteiger partial charge in [-0.3, -0.25) is 4.90 Å². The molecule has 0 aromatic carbocycles. The Balaban J connectivity index is 1.66. The third kappa shape index (κ3) is 3.77. The predicted octanol–water partition coefficient (Wildman–Crippen LogP) is 2.73. The van der Waals surface area contributed by atoms with Crippen molar-refractivity contribution < 1.29 is 4.74 Å². The topological polar surface area (TPSA) is 12.5 Å². The summed E-state index contributed by atoms with van der Waals surface area (Å²) < 4.78 is 6.77. The van der Waals surface area contributed by atoms with E-state index >= 15 is 0 Å². The summed E-state index contributed by atoms with van der Waals surface area (Å²) in [5, 5.41) is 0. The maximum absolute atomic E-state index is 5.34. The number of hydrogen-bond donors (Lipinski definition) is 0. The van der Waals surface area contributed by atoms with Gasteiger partial charge in [0.05, 0.1) is 17.4 Å². The van der Waals surface area contributed by atoms with Crippen molar-refractivity contribution in [2.45, 2.75) is 17.1 Å². The van der Waals surface area contributed by atoms with Gasteiger partial charge in [-0.05, 0) is 37.8 Å². The van der Waals surface area contributed by atoms with Crippen LogP contribution in [0.5, 0.6) is 0 Å². The minimum atomic E-state index is 0.912. The number of hydrogen-bond acceptors (Lipinski definition) is 4. The van der Waals surface area contributed by atoms with Crippen LogP contribution in [0.2, 0.25) is 0 Å². The third-order valence-electron chi connectivity index (χ3n) is 2.84. The van der Waals surface area contributed by atoms with Gasteiger partial charge in [0.15, 0.2) is 0 Å². The fraction of sp³-hybridized carbons (Fsp3) is 0.667. The van der Waals surface area contributed by atoms with E-state index in [9.17, 15) is 0 Å². The summed E-state index contributed by atoms with van der Waals surface area (Å²) in [5.41, 5.74) is 0. The molecule has 1 aliphatic heterocycles. The van der Waals surface area contributed by atoms with Crippen molar-refractivity contribution >= 4 is 23.1 Å². The van der Waals surface area contributed by atoms with Gasteiger partial charge in [-0.1, -0.05) is 0 Å². The Kier molecular flexibility index (Phi) is 5.16. The summed E-state index contributed by atoms with van der Waals surface area (Å²) >= 11 is 3.78. The van der Waals surface area contributed by atoms with Gasteiger partial charge in [-0.15, -0.1) is 23.1 Å². The molecule has 2 heterocycles. The quantitative estimate of drug-likeness (QED) is 0.753. The van der Waals surface area contributed by atoms with Crippen molar-refractivity contribution in [1.29, 1.82) is 0 Å². The second-order valence-electron chi connectivity index (χ2n) is 3.98. The van der Waals surface area contributed by atoms with Crippen LogP contribution < -0.4 is 0 Å². The van der Waals surface area contributed by atoms with Crippen LogP contribution in [-0.4, -0.2) is 44.0 Å². The number of ether oxygens (including phenoxy) is 1. The zero-order valence-corrected chi connectivity index (χ0v) is 11.4. The average Bonchev–Trinajstić information content (AvgIpc) is 2.78. The molecule has 0 unspecified atom stereocenters. The zero-order chi connectivity index (χ0) is 11.2. The van der Waals surface area contributed by atoms with Crippen molar-refractivity contribution in [3.05, 3.63) is 17.0 Å². The van der Waals surface area contributed by atoms with E-state index in [4.69, 9.17) is 4.74 Å². The molecule has 90 valence electrons. The Morgan fingerprint density at radius 3 is 2.88 bits per heavy atom. The molecule has 1 aromatic rings. The number of nitrogens with zero attached hydrogens (tertiary/aromatic N) is 1. The van der Waals surface area contributed by atoms with Crippen LogP contribution in [0.15, 0.2) is 16.3 Å². The van der Waals surface area contributed by atoms with Gasteiger partial charge in [0.2, 0.25) is 0 Å². The average molecular weight is 257 g/mol. The lowest BCUT2D eigenvalue weighted by Gasteiger charge is -2.26. The molecular formula is C12H19NOS2. The first-order chi connectivity index (χ1) is 7.88. The molecule has 0 aliphatic carbocycles. The molecule has 1 aliphatic rings. The van der Waals surface area contributed by atoms with E-state index in [2.05, 4.69) is 23.3 Å². The van der Waals surface area contributed by atoms with E-state index in [1.807, 2.05) is 23.1 Å². The highest BCUT2D eigenvalue weighted by molar-refractivity contribution is 8.00. The van der Waals surface area contributed by atoms with Gasteiger partial charge in [-0.2, -0.15) is 0 Å². The molecule has 2 rings (SSSR count). The smallest absolute Gasteiger partial charge is 0.0598 e. The summed E-state index contributed by atoms with van der Waals surface area (Å²) in [6.07, 6.45) is 4.64. The Morgan fingerprint density at radius 2 is 2.19 bits per heavy atom. The van der Waals surface area contributed by atoms with E-state index in [0.717, 1.165) is 26.3 Å². The molecule has 0 atom stereocenters. The number of aryl methyl sites for hydroxylation is 1. The minimum Gasteiger partial charge on any atom is -0.379 e. The fourth-order valence-corrected chi connectivity index (χ4v) is 3.54. The largest absolute Gasteiger partial charge is 0.379 e. The first-order valence-corrected chi connectivity index (χ1v) is 7.85. The van der Waals surface area contributed by atoms with E-state index in [1.54, 1.807) is 0 Å². The summed E-state index contributed by atoms with van der Waals surface area (Å²) in [7, 11) is 0. The highest BCUT2D eigenvalue weighted by Crippen LogP contribution is 2.25. The number of rotatable bonds is 5. The van der Waals surface area contributed by atoms with Gasteiger partial charge < -0.3 is 4.74 Å². The molecule has 0 radical (unpaired) electrons. The van der Waals surface area contributed by atoms with Crippen LogP contribution in [-0.2, 0) is 11.2 Å². The van der Waals surface area contributed by atoms with Gasteiger partial charge >= 0.3 is 0 Å². The van der Waals surface area contributed by atoms with Gasteiger partial charge in [0.25, 0.3) is 0 Å². The van der Waals surface area contributed by atoms with Gasteiger partial charge in [0, 0.05) is 18.0 Å². The molecule has 0 bridgehead atoms. The summed E-state index contributed by atoms with van der Waals surface area (Å²) in [5.74, 6) is 0. The number of thioether (sulfide) groups is 1. The van der Waals surface area contributed by atoms with Crippen LogP contribution in [0.1, 0.15) is 11.3 Å². The van der Waals surface area contributed by atoms with Gasteiger partial charge in [-0.25, -0.2) is 0 Å². The van der Waals surface area contributed by atoms with Crippen molar-refractivity contribution in [1.82, 2.24) is 4.90 Å². The monoisotopic (exact) mass is 257 g/mol. The lowest BCUT2D eigenvalue weighted by Crippen LogP contribution is -2.36. The third-order valence-corrected chi connectivity index (χ3v) is 5.07. The van der Waals surface area contributed by atoms with Crippen LogP contribution in [0, 0.1) is 0 Å². The van der Waals surface area contributed by atoms with Crippen LogP contribution in [0.3, 0.4) is 0 Å². The number of thiophene rings is 1. The van der Waals surface area contributed by atoms with Crippen LogP contribution in [0.4, 0.5) is 0 Å². The maximum Gasteiger partial charge on any atom is 0.0598 e. The van der Waals surface area contributed by atoms with E-state index < -0.39 is 0 Å². The van der Waals surface area contributed by atoms with Crippen LogP contribution >= 0.6 is 23.1 Å².